The third-order valence-corrected chi connectivity index (χ3v) is 4.53. The molecule has 3 aromatic rings. The zero-order chi connectivity index (χ0) is 16.0. The summed E-state index contributed by atoms with van der Waals surface area (Å²) in [6.07, 6.45) is 0.786. The van der Waals surface area contributed by atoms with E-state index in [-0.39, 0.29) is 23.7 Å². The number of para-hydroxylation sites is 1. The van der Waals surface area contributed by atoms with E-state index in [0.717, 1.165) is 23.0 Å². The minimum atomic E-state index is -0.197. The van der Waals surface area contributed by atoms with Gasteiger partial charge in [-0.05, 0) is 31.0 Å². The highest BCUT2D eigenvalue weighted by molar-refractivity contribution is 6.08. The van der Waals surface area contributed by atoms with E-state index < -0.39 is 0 Å². The third-order valence-electron chi connectivity index (χ3n) is 4.53. The summed E-state index contributed by atoms with van der Waals surface area (Å²) in [7, 11) is 0. The van der Waals surface area contributed by atoms with Crippen LogP contribution in [-0.2, 0) is 0 Å². The van der Waals surface area contributed by atoms with Crippen molar-refractivity contribution >= 4 is 16.8 Å². The number of hydrogen-bond acceptors (Lipinski definition) is 1. The standard InChI is InChI=1S/C19H17FN2O/c1-11-18(13-7-3-5-9-16(13)21-11)19(23)22-17-10-14(17)12-6-2-4-8-15(12)20/h2-9,14,17,21H,10H2,1H3,(H,22,23)/t14-,17-/m1/s1. The first-order chi connectivity index (χ1) is 11.1. The molecule has 4 rings (SSSR count). The third kappa shape index (κ3) is 2.40. The van der Waals surface area contributed by atoms with Crippen molar-refractivity contribution in [1.29, 1.82) is 0 Å². The van der Waals surface area contributed by atoms with Gasteiger partial charge in [0.1, 0.15) is 5.82 Å². The summed E-state index contributed by atoms with van der Waals surface area (Å²) in [6.45, 7) is 1.90. The van der Waals surface area contributed by atoms with Crippen molar-refractivity contribution in [1.82, 2.24) is 10.3 Å². The van der Waals surface area contributed by atoms with Crippen LogP contribution in [0.4, 0.5) is 4.39 Å². The molecule has 0 spiro atoms. The molecule has 23 heavy (non-hydrogen) atoms. The molecule has 0 radical (unpaired) electrons. The fourth-order valence-electron chi connectivity index (χ4n) is 3.28. The number of amides is 1. The van der Waals surface area contributed by atoms with Gasteiger partial charge >= 0.3 is 0 Å². The number of halogens is 1. The lowest BCUT2D eigenvalue weighted by molar-refractivity contribution is 0.0951. The fourth-order valence-corrected chi connectivity index (χ4v) is 3.28. The number of H-pyrrole nitrogens is 1. The summed E-state index contributed by atoms with van der Waals surface area (Å²) < 4.78 is 13.8. The van der Waals surface area contributed by atoms with E-state index in [1.165, 1.54) is 6.07 Å². The lowest BCUT2D eigenvalue weighted by Crippen LogP contribution is -2.27. The van der Waals surface area contributed by atoms with Crippen LogP contribution in [-0.4, -0.2) is 16.9 Å². The van der Waals surface area contributed by atoms with Crippen molar-refractivity contribution < 1.29 is 9.18 Å². The van der Waals surface area contributed by atoms with Crippen molar-refractivity contribution in [3.63, 3.8) is 0 Å². The Hall–Kier alpha value is -2.62. The Morgan fingerprint density at radius 1 is 1.17 bits per heavy atom. The van der Waals surface area contributed by atoms with Gasteiger partial charge in [-0.3, -0.25) is 4.79 Å². The molecule has 1 heterocycles. The topological polar surface area (TPSA) is 44.9 Å². The summed E-state index contributed by atoms with van der Waals surface area (Å²) >= 11 is 0. The van der Waals surface area contributed by atoms with Gasteiger partial charge in [-0.15, -0.1) is 0 Å². The molecule has 2 aromatic carbocycles. The van der Waals surface area contributed by atoms with E-state index >= 15 is 0 Å². The van der Waals surface area contributed by atoms with Gasteiger partial charge in [-0.25, -0.2) is 4.39 Å². The second-order valence-corrected chi connectivity index (χ2v) is 6.11. The van der Waals surface area contributed by atoms with Crippen LogP contribution >= 0.6 is 0 Å². The SMILES string of the molecule is Cc1[nH]c2ccccc2c1C(=O)N[C@@H]1C[C@@H]1c1ccccc1F. The molecule has 1 amide bonds. The Bertz CT molecular complexity index is 899. The van der Waals surface area contributed by atoms with Crippen LogP contribution in [0.1, 0.15) is 34.0 Å². The smallest absolute Gasteiger partial charge is 0.253 e. The van der Waals surface area contributed by atoms with E-state index in [4.69, 9.17) is 0 Å². The Kier molecular flexibility index (Phi) is 3.18. The van der Waals surface area contributed by atoms with E-state index in [0.29, 0.717) is 11.1 Å². The van der Waals surface area contributed by atoms with Gasteiger partial charge in [0, 0.05) is 28.6 Å². The van der Waals surface area contributed by atoms with Crippen LogP contribution in [0.5, 0.6) is 0 Å². The molecular weight excluding hydrogens is 291 g/mol. The molecule has 1 aliphatic rings. The number of fused-ring (bicyclic) bond motifs is 1. The van der Waals surface area contributed by atoms with Gasteiger partial charge in [0.05, 0.1) is 5.56 Å². The van der Waals surface area contributed by atoms with Gasteiger partial charge in [-0.2, -0.15) is 0 Å². The predicted molar refractivity (Wildman–Crippen MR) is 88.0 cm³/mol. The molecule has 1 aliphatic carbocycles. The molecule has 1 saturated carbocycles. The molecule has 4 heteroatoms. The van der Waals surface area contributed by atoms with Crippen LogP contribution in [0.25, 0.3) is 10.9 Å². The molecule has 0 saturated heterocycles. The zero-order valence-electron chi connectivity index (χ0n) is 12.8. The Balaban J connectivity index is 1.55. The van der Waals surface area contributed by atoms with Crippen LogP contribution in [0.3, 0.4) is 0 Å². The van der Waals surface area contributed by atoms with Gasteiger partial charge < -0.3 is 10.3 Å². The Morgan fingerprint density at radius 3 is 2.74 bits per heavy atom. The molecule has 0 unspecified atom stereocenters. The molecule has 0 bridgehead atoms. The van der Waals surface area contributed by atoms with Crippen molar-refractivity contribution in [2.45, 2.75) is 25.3 Å². The number of carbonyl (C=O) groups excluding carboxylic acids is 1. The monoisotopic (exact) mass is 308 g/mol. The summed E-state index contributed by atoms with van der Waals surface area (Å²) in [4.78, 5) is 15.9. The molecular formula is C19H17FN2O. The first kappa shape index (κ1) is 14.0. The molecule has 2 atom stereocenters. The highest BCUT2D eigenvalue weighted by Gasteiger charge is 2.41. The molecule has 116 valence electrons. The summed E-state index contributed by atoms with van der Waals surface area (Å²) in [6, 6.07) is 14.5. The number of rotatable bonds is 3. The average Bonchev–Trinajstić information content (AvgIpc) is 3.19. The number of carbonyl (C=O) groups is 1. The fraction of sp³-hybridized carbons (Fsp3) is 0.211. The van der Waals surface area contributed by atoms with Gasteiger partial charge in [0.15, 0.2) is 0 Å². The van der Waals surface area contributed by atoms with Crippen molar-refractivity contribution in [2.75, 3.05) is 0 Å². The highest BCUT2D eigenvalue weighted by atomic mass is 19.1. The van der Waals surface area contributed by atoms with Gasteiger partial charge in [-0.1, -0.05) is 36.4 Å². The maximum absolute atomic E-state index is 13.8. The summed E-state index contributed by atoms with van der Waals surface area (Å²) in [5.74, 6) is -0.216. The number of benzene rings is 2. The number of nitrogens with one attached hydrogen (secondary N) is 2. The average molecular weight is 308 g/mol. The first-order valence-electron chi connectivity index (χ1n) is 7.77. The van der Waals surface area contributed by atoms with E-state index in [2.05, 4.69) is 10.3 Å². The second kappa shape index (κ2) is 5.23. The minimum Gasteiger partial charge on any atom is -0.358 e. The van der Waals surface area contributed by atoms with Crippen LogP contribution in [0.2, 0.25) is 0 Å². The molecule has 2 N–H and O–H groups in total. The number of aromatic nitrogens is 1. The summed E-state index contributed by atoms with van der Waals surface area (Å²) in [5.41, 5.74) is 3.18. The lowest BCUT2D eigenvalue weighted by atomic mass is 10.1. The molecule has 0 aliphatic heterocycles. The van der Waals surface area contributed by atoms with Crippen LogP contribution < -0.4 is 5.32 Å². The Labute approximate surface area is 133 Å². The quantitative estimate of drug-likeness (QED) is 0.757. The van der Waals surface area contributed by atoms with Crippen molar-refractivity contribution in [3.05, 3.63) is 71.2 Å². The summed E-state index contributed by atoms with van der Waals surface area (Å²) in [5, 5.41) is 3.96. The molecule has 1 aromatic heterocycles. The van der Waals surface area contributed by atoms with E-state index in [1.54, 1.807) is 12.1 Å². The van der Waals surface area contributed by atoms with Crippen LogP contribution in [0, 0.1) is 12.7 Å². The number of hydrogen-bond donors (Lipinski definition) is 2. The normalized spacial score (nSPS) is 19.7. The lowest BCUT2D eigenvalue weighted by Gasteiger charge is -2.06. The van der Waals surface area contributed by atoms with Crippen molar-refractivity contribution in [2.24, 2.45) is 0 Å². The number of aryl methyl sites for hydroxylation is 1. The zero-order valence-corrected chi connectivity index (χ0v) is 12.8. The molecule has 3 nitrogen and oxygen atoms in total. The maximum Gasteiger partial charge on any atom is 0.253 e. The number of aromatic amines is 1. The van der Waals surface area contributed by atoms with E-state index in [1.807, 2.05) is 37.3 Å². The highest BCUT2D eigenvalue weighted by Crippen LogP contribution is 2.42. The second-order valence-electron chi connectivity index (χ2n) is 6.11. The van der Waals surface area contributed by atoms with Gasteiger partial charge in [0.25, 0.3) is 5.91 Å². The maximum atomic E-state index is 13.8. The van der Waals surface area contributed by atoms with Crippen LogP contribution in [0.15, 0.2) is 48.5 Å². The van der Waals surface area contributed by atoms with E-state index in [9.17, 15) is 9.18 Å². The largest absolute Gasteiger partial charge is 0.358 e. The van der Waals surface area contributed by atoms with Crippen molar-refractivity contribution in [3.8, 4) is 0 Å². The Morgan fingerprint density at radius 2 is 1.91 bits per heavy atom. The predicted octanol–water partition coefficient (Wildman–Crippen LogP) is 3.90. The minimum absolute atomic E-state index is 0.00691. The first-order valence-corrected chi connectivity index (χ1v) is 7.77. The van der Waals surface area contributed by atoms with Gasteiger partial charge in [0.2, 0.25) is 0 Å². The molecule has 1 fully saturated rings.